The number of H-pyrrole nitrogens is 1. The molecule has 9 rings (SSSR count). The van der Waals surface area contributed by atoms with Gasteiger partial charge in [-0.25, -0.2) is 14.4 Å². The molecule has 0 aromatic carbocycles. The Morgan fingerprint density at radius 3 is 2.82 bits per heavy atom. The summed E-state index contributed by atoms with van der Waals surface area (Å²) in [5.74, 6) is 1.75. The molecule has 11 nitrogen and oxygen atoms in total. The third kappa shape index (κ3) is 3.72. The fourth-order valence-corrected chi connectivity index (χ4v) is 6.89. The molecule has 0 spiro atoms. The van der Waals surface area contributed by atoms with Gasteiger partial charge in [-0.1, -0.05) is 0 Å². The van der Waals surface area contributed by atoms with Gasteiger partial charge in [-0.15, -0.1) is 0 Å². The molecule has 204 valence electrons. The van der Waals surface area contributed by atoms with Crippen LogP contribution in [0, 0.1) is 19.8 Å². The van der Waals surface area contributed by atoms with Crippen LogP contribution in [-0.4, -0.2) is 64.7 Å². The largest absolute Gasteiger partial charge is 0.342 e. The molecule has 2 bridgehead atoms. The van der Waals surface area contributed by atoms with E-state index >= 15 is 4.39 Å². The maximum atomic E-state index is 15.5. The molecule has 4 aromatic heterocycles. The van der Waals surface area contributed by atoms with E-state index in [2.05, 4.69) is 30.9 Å². The first-order valence-electron chi connectivity index (χ1n) is 13.8. The Balaban J connectivity index is 0.964. The van der Waals surface area contributed by atoms with Gasteiger partial charge in [-0.05, 0) is 57.4 Å². The number of halogens is 1. The molecular weight excluding hydrogens is 501 g/mol. The molecule has 1 saturated heterocycles. The Morgan fingerprint density at radius 1 is 1.23 bits per heavy atom. The molecule has 4 saturated carbocycles. The van der Waals surface area contributed by atoms with Crippen molar-refractivity contribution in [3.05, 3.63) is 41.6 Å². The fraction of sp³-hybridized carbons (Fsp3) is 0.556. The number of nitrogens with zero attached hydrogens (tertiary/aromatic N) is 6. The summed E-state index contributed by atoms with van der Waals surface area (Å²) in [6.45, 7) is 3.99. The molecular formula is C27H32FN9O2. The van der Waals surface area contributed by atoms with Gasteiger partial charge in [-0.3, -0.25) is 19.5 Å². The quantitative estimate of drug-likeness (QED) is 0.294. The first kappa shape index (κ1) is 23.5. The predicted octanol–water partition coefficient (Wildman–Crippen LogP) is 3.64. The second-order valence-electron chi connectivity index (χ2n) is 11.8. The van der Waals surface area contributed by atoms with Gasteiger partial charge in [-0.2, -0.15) is 10.2 Å². The molecule has 0 radical (unpaired) electrons. The number of aromatic amines is 1. The van der Waals surface area contributed by atoms with Crippen LogP contribution in [0.1, 0.15) is 55.0 Å². The van der Waals surface area contributed by atoms with Crippen molar-refractivity contribution >= 4 is 17.4 Å². The maximum absolute atomic E-state index is 15.5. The number of nitrogens with one attached hydrogen (secondary N) is 3. The number of hydrogen-bond donors (Lipinski definition) is 3. The van der Waals surface area contributed by atoms with E-state index in [9.17, 15) is 0 Å². The van der Waals surface area contributed by atoms with Crippen LogP contribution in [0.3, 0.4) is 0 Å². The highest BCUT2D eigenvalue weighted by molar-refractivity contribution is 5.80. The molecule has 4 aromatic rings. The Kier molecular flexibility index (Phi) is 5.02. The summed E-state index contributed by atoms with van der Waals surface area (Å²) >= 11 is 0. The normalized spacial score (nSPS) is 32.8. The van der Waals surface area contributed by atoms with E-state index in [1.54, 1.807) is 6.20 Å². The first-order chi connectivity index (χ1) is 18.9. The van der Waals surface area contributed by atoms with Crippen molar-refractivity contribution in [2.45, 2.75) is 82.2 Å². The van der Waals surface area contributed by atoms with E-state index < -0.39 is 12.3 Å². The number of aryl methyl sites for hydroxylation is 3. The Morgan fingerprint density at radius 2 is 2.08 bits per heavy atom. The van der Waals surface area contributed by atoms with Crippen molar-refractivity contribution in [3.8, 4) is 11.3 Å². The van der Waals surface area contributed by atoms with Crippen LogP contribution >= 0.6 is 0 Å². The van der Waals surface area contributed by atoms with Crippen molar-refractivity contribution in [2.24, 2.45) is 13.0 Å². The number of anilines is 2. The fourth-order valence-electron chi connectivity index (χ4n) is 6.89. The summed E-state index contributed by atoms with van der Waals surface area (Å²) in [5, 5.41) is 18.7. The Hall–Kier alpha value is -3.35. The topological polar surface area (TPSA) is 123 Å². The molecule has 4 aliphatic carbocycles. The zero-order chi connectivity index (χ0) is 26.5. The van der Waals surface area contributed by atoms with Crippen LogP contribution in [-0.2, 0) is 16.5 Å². The van der Waals surface area contributed by atoms with Gasteiger partial charge < -0.3 is 14.8 Å². The monoisotopic (exact) mass is 533 g/mol. The minimum Gasteiger partial charge on any atom is -0.342 e. The number of alkyl halides is 1. The zero-order valence-electron chi connectivity index (χ0n) is 22.2. The number of ether oxygens (including phenoxy) is 2. The average molecular weight is 534 g/mol. The molecule has 3 N–H and O–H groups in total. The lowest BCUT2D eigenvalue weighted by Crippen LogP contribution is -2.67. The SMILES string of the molecule is Cc1cnn(C)c1-c1c(C)nc(Nc2cc([C@H]3CC[C@@H](OC4OC4NC45CC(C4)C5)[C@@H]3F)[nH]n2)n2ccnc12. The second kappa shape index (κ2) is 8.33. The third-order valence-corrected chi connectivity index (χ3v) is 9.07. The lowest BCUT2D eigenvalue weighted by atomic mass is 9.50. The molecule has 5 atom stereocenters. The Labute approximate surface area is 224 Å². The molecule has 5 fully saturated rings. The maximum Gasteiger partial charge on any atom is 0.214 e. The molecule has 39 heavy (non-hydrogen) atoms. The minimum atomic E-state index is -1.12. The van der Waals surface area contributed by atoms with Gasteiger partial charge in [0.05, 0.1) is 29.3 Å². The molecule has 2 unspecified atom stereocenters. The highest BCUT2D eigenvalue weighted by Gasteiger charge is 2.60. The number of aromatic nitrogens is 7. The standard InChI is InChI=1S/C27H32FN9O2/c1-13-12-30-36(3)22(13)20-14(2)31-26(37-7-6-29-23(20)37)32-19-8-17(34-35-19)16-4-5-18(21(16)28)38-25-24(39-25)33-27-9-15(10-27)11-27/h6-8,12,15-16,18,21,24-25,33H,4-5,9-11H2,1-3H3,(H2,31,32,34,35)/t15?,16-,18-,21-,24?,25?,27?/m1/s1. The third-order valence-electron chi connectivity index (χ3n) is 9.07. The van der Waals surface area contributed by atoms with Gasteiger partial charge in [0.1, 0.15) is 6.17 Å². The summed E-state index contributed by atoms with van der Waals surface area (Å²) in [7, 11) is 1.92. The van der Waals surface area contributed by atoms with Gasteiger partial charge in [0.15, 0.2) is 24.0 Å². The number of imidazole rings is 1. The van der Waals surface area contributed by atoms with Gasteiger partial charge >= 0.3 is 0 Å². The van der Waals surface area contributed by atoms with Crippen molar-refractivity contribution in [1.82, 2.24) is 39.7 Å². The lowest BCUT2D eigenvalue weighted by molar-refractivity contribution is -0.0608. The van der Waals surface area contributed by atoms with E-state index in [1.807, 2.05) is 48.4 Å². The van der Waals surface area contributed by atoms with Crippen molar-refractivity contribution in [2.75, 3.05) is 5.32 Å². The van der Waals surface area contributed by atoms with Crippen LogP contribution in [0.4, 0.5) is 16.2 Å². The van der Waals surface area contributed by atoms with Crippen molar-refractivity contribution in [3.63, 3.8) is 0 Å². The summed E-state index contributed by atoms with van der Waals surface area (Å²) < 4.78 is 30.9. The summed E-state index contributed by atoms with van der Waals surface area (Å²) in [6.07, 6.45) is 8.47. The van der Waals surface area contributed by atoms with Gasteiger partial charge in [0.2, 0.25) is 5.95 Å². The highest BCUT2D eigenvalue weighted by atomic mass is 19.1. The smallest absolute Gasteiger partial charge is 0.214 e. The van der Waals surface area contributed by atoms with Gasteiger partial charge in [0.25, 0.3) is 0 Å². The van der Waals surface area contributed by atoms with E-state index in [0.717, 1.165) is 39.8 Å². The average Bonchev–Trinajstić information content (AvgIpc) is 3.30. The van der Waals surface area contributed by atoms with Crippen LogP contribution < -0.4 is 10.6 Å². The zero-order valence-corrected chi connectivity index (χ0v) is 22.2. The van der Waals surface area contributed by atoms with E-state index in [4.69, 9.17) is 14.5 Å². The molecule has 5 aliphatic rings. The molecule has 0 amide bonds. The number of fused-ring (bicyclic) bond motifs is 1. The van der Waals surface area contributed by atoms with Crippen LogP contribution in [0.15, 0.2) is 24.7 Å². The van der Waals surface area contributed by atoms with Crippen molar-refractivity contribution < 1.29 is 13.9 Å². The highest BCUT2D eigenvalue weighted by Crippen LogP contribution is 2.58. The van der Waals surface area contributed by atoms with E-state index in [-0.39, 0.29) is 24.0 Å². The van der Waals surface area contributed by atoms with Crippen LogP contribution in [0.25, 0.3) is 16.9 Å². The minimum absolute atomic E-state index is 0.0929. The van der Waals surface area contributed by atoms with E-state index in [1.165, 1.54) is 19.3 Å². The molecule has 1 aliphatic heterocycles. The number of rotatable bonds is 8. The second-order valence-corrected chi connectivity index (χ2v) is 11.8. The summed E-state index contributed by atoms with van der Waals surface area (Å²) in [4.78, 5) is 9.43. The number of epoxide rings is 1. The summed E-state index contributed by atoms with van der Waals surface area (Å²) in [6, 6.07) is 1.86. The predicted molar refractivity (Wildman–Crippen MR) is 140 cm³/mol. The molecule has 5 heterocycles. The number of hydrogen-bond acceptors (Lipinski definition) is 8. The Bertz CT molecular complexity index is 1540. The summed E-state index contributed by atoms with van der Waals surface area (Å²) in [5.41, 5.74) is 5.59. The lowest BCUT2D eigenvalue weighted by Gasteiger charge is -2.62. The first-order valence-corrected chi connectivity index (χ1v) is 13.8. The van der Waals surface area contributed by atoms with Crippen molar-refractivity contribution in [1.29, 1.82) is 0 Å². The van der Waals surface area contributed by atoms with Crippen LogP contribution in [0.5, 0.6) is 0 Å². The molecule has 12 heteroatoms. The van der Waals surface area contributed by atoms with Crippen LogP contribution in [0.2, 0.25) is 0 Å². The van der Waals surface area contributed by atoms with Gasteiger partial charge in [0, 0.05) is 42.7 Å². The van der Waals surface area contributed by atoms with E-state index in [0.29, 0.717) is 24.6 Å².